The number of thiocarbonyl (C=S) groups is 1. The number of carbonyl (C=O) groups is 2. The normalized spacial score (nSPS) is 28.7. The van der Waals surface area contributed by atoms with Crippen LogP contribution in [-0.2, 0) is 14.4 Å². The maximum atomic E-state index is 13.8. The van der Waals surface area contributed by atoms with Crippen LogP contribution in [0.3, 0.4) is 0 Å². The lowest BCUT2D eigenvalue weighted by Gasteiger charge is -2.39. The molecule has 0 saturated carbocycles. The molecule has 0 unspecified atom stereocenters. The van der Waals surface area contributed by atoms with Crippen molar-refractivity contribution in [3.05, 3.63) is 59.1 Å². The Hall–Kier alpha value is -2.17. The van der Waals surface area contributed by atoms with Crippen LogP contribution in [0.15, 0.2) is 48.5 Å². The van der Waals surface area contributed by atoms with Gasteiger partial charge < -0.3 is 9.64 Å². The average molecular weight is 518 g/mol. The Morgan fingerprint density at radius 2 is 1.71 bits per heavy atom. The predicted molar refractivity (Wildman–Crippen MR) is 136 cm³/mol. The molecular weight excluding hydrogens is 494 g/mol. The van der Waals surface area contributed by atoms with Crippen molar-refractivity contribution < 1.29 is 19.2 Å². The Morgan fingerprint density at radius 3 is 2.26 bits per heavy atom. The fraction of sp³-hybridized carbons (Fsp3) is 0.375. The predicted octanol–water partition coefficient (Wildman–Crippen LogP) is 4.26. The van der Waals surface area contributed by atoms with Gasteiger partial charge in [-0.3, -0.25) is 14.4 Å². The monoisotopic (exact) mass is 517 g/mol. The smallest absolute Gasteiger partial charge is 0.265 e. The van der Waals surface area contributed by atoms with Gasteiger partial charge in [-0.05, 0) is 55.8 Å². The number of likely N-dealkylation sites (N-methyl/N-ethyl adjacent to an activating group) is 1. The van der Waals surface area contributed by atoms with E-state index in [4.69, 9.17) is 33.4 Å². The maximum Gasteiger partial charge on any atom is 0.265 e. The van der Waals surface area contributed by atoms with E-state index in [1.807, 2.05) is 24.1 Å². The lowest BCUT2D eigenvalue weighted by Crippen LogP contribution is -2.51. The Labute approximate surface area is 212 Å². The minimum atomic E-state index is -0.925. The quantitative estimate of drug-likeness (QED) is 0.440. The minimum absolute atomic E-state index is 0.216. The highest BCUT2D eigenvalue weighted by Gasteiger charge is 2.63. The van der Waals surface area contributed by atoms with Gasteiger partial charge in [0.15, 0.2) is 6.10 Å². The number of anilines is 1. The van der Waals surface area contributed by atoms with Crippen LogP contribution >= 0.6 is 35.6 Å². The van der Waals surface area contributed by atoms with E-state index in [-0.39, 0.29) is 22.7 Å². The Balaban J connectivity index is 1.55. The van der Waals surface area contributed by atoms with E-state index in [1.165, 1.54) is 16.7 Å². The summed E-state index contributed by atoms with van der Waals surface area (Å²) in [4.78, 5) is 36.8. The summed E-state index contributed by atoms with van der Waals surface area (Å²) in [6.07, 6.45) is -0.925. The number of rotatable bonds is 4. The van der Waals surface area contributed by atoms with Gasteiger partial charge in [0.25, 0.3) is 5.91 Å². The summed E-state index contributed by atoms with van der Waals surface area (Å²) < 4.78 is 5.94. The molecule has 3 fully saturated rings. The van der Waals surface area contributed by atoms with Crippen LogP contribution < -0.4 is 9.64 Å². The number of hydroxylamine groups is 2. The van der Waals surface area contributed by atoms with Crippen LogP contribution in [0.5, 0.6) is 5.75 Å². The van der Waals surface area contributed by atoms with Gasteiger partial charge in [-0.25, -0.2) is 4.90 Å². The molecule has 5 rings (SSSR count). The van der Waals surface area contributed by atoms with Gasteiger partial charge in [0.05, 0.1) is 30.3 Å². The maximum absolute atomic E-state index is 13.8. The molecule has 7 nitrogen and oxygen atoms in total. The van der Waals surface area contributed by atoms with Crippen molar-refractivity contribution in [1.29, 1.82) is 0 Å². The number of methoxy groups -OCH3 is 1. The largest absolute Gasteiger partial charge is 0.497 e. The molecule has 0 aromatic heterocycles. The average Bonchev–Trinajstić information content (AvgIpc) is 3.39. The summed E-state index contributed by atoms with van der Waals surface area (Å²) in [5.41, 5.74) is 0.963. The molecule has 2 aromatic carbocycles. The van der Waals surface area contributed by atoms with E-state index >= 15 is 0 Å². The second kappa shape index (κ2) is 8.49. The lowest BCUT2D eigenvalue weighted by atomic mass is 9.90. The molecule has 0 spiro atoms. The molecular formula is C24H24ClN3O4S2. The first-order valence-corrected chi connectivity index (χ1v) is 12.5. The Kier molecular flexibility index (Phi) is 5.89. The van der Waals surface area contributed by atoms with E-state index in [1.54, 1.807) is 48.6 Å². The molecule has 4 atom stereocenters. The number of amides is 2. The molecule has 10 heteroatoms. The molecule has 3 saturated heterocycles. The number of hydrogen-bond acceptors (Lipinski definition) is 7. The molecule has 2 amide bonds. The van der Waals surface area contributed by atoms with Gasteiger partial charge in [-0.2, -0.15) is 5.06 Å². The van der Waals surface area contributed by atoms with E-state index in [2.05, 4.69) is 13.8 Å². The number of halogens is 1. The summed E-state index contributed by atoms with van der Waals surface area (Å²) in [5, 5.41) is 2.18. The van der Waals surface area contributed by atoms with Crippen LogP contribution in [0, 0.1) is 5.92 Å². The number of fused-ring (bicyclic) bond motifs is 1. The summed E-state index contributed by atoms with van der Waals surface area (Å²) in [6, 6.07) is 13.7. The number of imide groups is 1. The fourth-order valence-corrected chi connectivity index (χ4v) is 6.67. The first kappa shape index (κ1) is 23.6. The van der Waals surface area contributed by atoms with E-state index < -0.39 is 18.1 Å². The molecule has 3 heterocycles. The van der Waals surface area contributed by atoms with Crippen LogP contribution in [0.2, 0.25) is 5.02 Å². The summed E-state index contributed by atoms with van der Waals surface area (Å²) in [6.45, 7) is 4.15. The van der Waals surface area contributed by atoms with Crippen LogP contribution in [-0.4, -0.2) is 57.3 Å². The Morgan fingerprint density at radius 1 is 1.06 bits per heavy atom. The molecule has 3 aliphatic heterocycles. The van der Waals surface area contributed by atoms with Crippen molar-refractivity contribution in [1.82, 2.24) is 9.96 Å². The molecule has 2 aromatic rings. The topological polar surface area (TPSA) is 62.3 Å². The molecule has 0 aliphatic carbocycles. The van der Waals surface area contributed by atoms with Gasteiger partial charge in [-0.15, -0.1) is 0 Å². The summed E-state index contributed by atoms with van der Waals surface area (Å²) >= 11 is 13.2. The number of thioether (sulfide) groups is 1. The number of carbonyl (C=O) groups excluding carboxylic acids is 2. The van der Waals surface area contributed by atoms with Crippen molar-refractivity contribution in [3.8, 4) is 5.75 Å². The number of benzene rings is 2. The molecule has 34 heavy (non-hydrogen) atoms. The highest BCUT2D eigenvalue weighted by atomic mass is 35.5. The third-order valence-electron chi connectivity index (χ3n) is 6.87. The molecule has 3 aliphatic rings. The highest BCUT2D eigenvalue weighted by molar-refractivity contribution is 8.23. The zero-order valence-corrected chi connectivity index (χ0v) is 21.5. The van der Waals surface area contributed by atoms with Gasteiger partial charge in [0.2, 0.25) is 5.91 Å². The zero-order chi connectivity index (χ0) is 24.4. The summed E-state index contributed by atoms with van der Waals surface area (Å²) in [7, 11) is 3.52. The van der Waals surface area contributed by atoms with Gasteiger partial charge in [0.1, 0.15) is 15.4 Å². The number of ether oxygens (including phenoxy) is 1. The van der Waals surface area contributed by atoms with Crippen molar-refractivity contribution >= 4 is 57.4 Å². The molecule has 0 bridgehead atoms. The second-order valence-electron chi connectivity index (χ2n) is 9.07. The van der Waals surface area contributed by atoms with Gasteiger partial charge in [0, 0.05) is 12.1 Å². The van der Waals surface area contributed by atoms with Gasteiger partial charge >= 0.3 is 0 Å². The van der Waals surface area contributed by atoms with Crippen molar-refractivity contribution in [2.24, 2.45) is 5.92 Å². The van der Waals surface area contributed by atoms with Crippen molar-refractivity contribution in [2.45, 2.75) is 36.9 Å². The third kappa shape index (κ3) is 3.53. The highest BCUT2D eigenvalue weighted by Crippen LogP contribution is 2.52. The lowest BCUT2D eigenvalue weighted by molar-refractivity contribution is -0.188. The van der Waals surface area contributed by atoms with E-state index in [9.17, 15) is 9.59 Å². The fourth-order valence-electron chi connectivity index (χ4n) is 4.72. The van der Waals surface area contributed by atoms with Crippen molar-refractivity contribution in [2.75, 3.05) is 19.1 Å². The molecule has 178 valence electrons. The van der Waals surface area contributed by atoms with Gasteiger partial charge in [-0.1, -0.05) is 47.7 Å². The first-order valence-electron chi connectivity index (χ1n) is 10.8. The molecule has 0 radical (unpaired) electrons. The van der Waals surface area contributed by atoms with Crippen molar-refractivity contribution in [3.63, 3.8) is 0 Å². The zero-order valence-electron chi connectivity index (χ0n) is 19.1. The SMILES string of the molecule is COc1ccc(N2C(=O)[C@H]3[C@H](ON([C@@H]4SC(=S)N(C)C4(C)C)[C@@H]3c3ccc(Cl)cc3)C2=O)cc1. The standard InChI is InChI=1S/C24H24ClN3O4S2/c1-24(2)22(34-23(33)26(24)3)28-18(13-5-7-14(25)8-6-13)17-19(32-28)21(30)27(20(17)29)15-9-11-16(31-4)12-10-15/h5-12,17-19,22H,1-4H3/t17-,18-,19+,22-/m1/s1. The number of hydrogen-bond donors (Lipinski definition) is 0. The Bertz CT molecular complexity index is 1160. The minimum Gasteiger partial charge on any atom is -0.497 e. The first-order chi connectivity index (χ1) is 16.1. The van der Waals surface area contributed by atoms with E-state index in [0.29, 0.717) is 16.5 Å². The van der Waals surface area contributed by atoms with Crippen LogP contribution in [0.4, 0.5) is 5.69 Å². The second-order valence-corrected chi connectivity index (χ2v) is 11.2. The third-order valence-corrected chi connectivity index (χ3v) is 9.17. The molecule has 0 N–H and O–H groups in total. The summed E-state index contributed by atoms with van der Waals surface area (Å²) in [5.74, 6) is -0.727. The van der Waals surface area contributed by atoms with Crippen LogP contribution in [0.25, 0.3) is 0 Å². The van der Waals surface area contributed by atoms with E-state index in [0.717, 1.165) is 9.88 Å². The van der Waals surface area contributed by atoms with Crippen LogP contribution in [0.1, 0.15) is 25.5 Å². The number of nitrogens with zero attached hydrogens (tertiary/aromatic N) is 3.